The molecule has 0 unspecified atom stereocenters. The maximum Gasteiger partial charge on any atom is 0.345 e. The summed E-state index contributed by atoms with van der Waals surface area (Å²) in [7, 11) is 1.55. The first kappa shape index (κ1) is 20.0. The Bertz CT molecular complexity index is 1310. The highest BCUT2D eigenvalue weighted by atomic mass is 35.5. The molecule has 4 aromatic rings. The minimum Gasteiger partial charge on any atom is -0.497 e. The van der Waals surface area contributed by atoms with Crippen molar-refractivity contribution in [2.75, 3.05) is 7.11 Å². The number of hydrogen-bond donors (Lipinski definition) is 0. The lowest BCUT2D eigenvalue weighted by atomic mass is 10.1. The highest BCUT2D eigenvalue weighted by Gasteiger charge is 2.22. The Morgan fingerprint density at radius 2 is 1.70 bits per heavy atom. The Hall–Kier alpha value is -3.28. The number of carbonyl (C=O) groups excluding carboxylic acids is 1. The van der Waals surface area contributed by atoms with Crippen molar-refractivity contribution in [1.29, 1.82) is 0 Å². The number of methoxy groups -OCH3 is 1. The van der Waals surface area contributed by atoms with Gasteiger partial charge in [-0.05, 0) is 54.6 Å². The molecule has 0 amide bonds. The summed E-state index contributed by atoms with van der Waals surface area (Å²) in [6, 6.07) is 17.9. The minimum atomic E-state index is -0.797. The summed E-state index contributed by atoms with van der Waals surface area (Å²) in [4.78, 5) is 25.9. The van der Waals surface area contributed by atoms with Gasteiger partial charge in [0.05, 0.1) is 23.1 Å². The molecule has 30 heavy (non-hydrogen) atoms. The molecule has 0 saturated heterocycles. The van der Waals surface area contributed by atoms with Crippen LogP contribution >= 0.6 is 23.2 Å². The van der Waals surface area contributed by atoms with Gasteiger partial charge in [0.1, 0.15) is 11.3 Å². The van der Waals surface area contributed by atoms with Crippen LogP contribution in [0.15, 0.2) is 75.9 Å². The van der Waals surface area contributed by atoms with E-state index in [1.165, 1.54) is 18.2 Å². The first-order chi connectivity index (χ1) is 14.5. The molecule has 150 valence electrons. The Morgan fingerprint density at radius 1 is 0.967 bits per heavy atom. The highest BCUT2D eigenvalue weighted by Crippen LogP contribution is 2.33. The van der Waals surface area contributed by atoms with Crippen molar-refractivity contribution in [1.82, 2.24) is 0 Å². The Labute approximate surface area is 181 Å². The third-order valence-corrected chi connectivity index (χ3v) is 5.00. The zero-order chi connectivity index (χ0) is 21.3. The summed E-state index contributed by atoms with van der Waals surface area (Å²) in [6.45, 7) is 0. The van der Waals surface area contributed by atoms with Crippen LogP contribution in [0.4, 0.5) is 0 Å². The number of fused-ring (bicyclic) bond motifs is 1. The molecule has 0 aliphatic heterocycles. The van der Waals surface area contributed by atoms with Gasteiger partial charge in [-0.3, -0.25) is 4.79 Å². The molecule has 0 spiro atoms. The van der Waals surface area contributed by atoms with Crippen LogP contribution in [0.3, 0.4) is 0 Å². The zero-order valence-electron chi connectivity index (χ0n) is 15.6. The summed E-state index contributed by atoms with van der Waals surface area (Å²) in [5, 5.41) is 0.782. The van der Waals surface area contributed by atoms with Gasteiger partial charge >= 0.3 is 5.97 Å². The van der Waals surface area contributed by atoms with E-state index in [0.717, 1.165) is 0 Å². The number of ether oxygens (including phenoxy) is 2. The molecular weight excluding hydrogens is 427 g/mol. The van der Waals surface area contributed by atoms with Crippen molar-refractivity contribution < 1.29 is 18.7 Å². The molecule has 0 bridgehead atoms. The number of carbonyl (C=O) groups is 1. The number of halogens is 2. The molecule has 0 radical (unpaired) electrons. The van der Waals surface area contributed by atoms with Crippen LogP contribution in [0.5, 0.6) is 11.5 Å². The normalized spacial score (nSPS) is 10.8. The van der Waals surface area contributed by atoms with Crippen LogP contribution in [-0.4, -0.2) is 13.1 Å². The first-order valence-electron chi connectivity index (χ1n) is 8.85. The topological polar surface area (TPSA) is 65.7 Å². The molecule has 1 heterocycles. The lowest BCUT2D eigenvalue weighted by Crippen LogP contribution is -2.16. The smallest absolute Gasteiger partial charge is 0.345 e. The molecule has 0 fully saturated rings. The van der Waals surface area contributed by atoms with Gasteiger partial charge in [0.15, 0.2) is 5.76 Å². The van der Waals surface area contributed by atoms with E-state index in [0.29, 0.717) is 27.3 Å². The summed E-state index contributed by atoms with van der Waals surface area (Å²) in [6.07, 6.45) is 0. The summed E-state index contributed by atoms with van der Waals surface area (Å²) in [5.74, 6) is -0.267. The van der Waals surface area contributed by atoms with Crippen molar-refractivity contribution >= 4 is 40.1 Å². The van der Waals surface area contributed by atoms with E-state index in [9.17, 15) is 9.59 Å². The standard InChI is InChI=1S/C23H14Cl2O5/c1-28-15-9-6-13(7-10-15)21-22(20(26)17-4-2-3-5-19(17)29-21)30-23(27)16-11-8-14(24)12-18(16)25/h2-12H,1H3. The van der Waals surface area contributed by atoms with Gasteiger partial charge in [0, 0.05) is 10.6 Å². The summed E-state index contributed by atoms with van der Waals surface area (Å²) >= 11 is 12.0. The molecule has 3 aromatic carbocycles. The van der Waals surface area contributed by atoms with Crippen molar-refractivity contribution in [3.8, 4) is 22.8 Å². The summed E-state index contributed by atoms with van der Waals surface area (Å²) < 4.78 is 16.6. The van der Waals surface area contributed by atoms with Gasteiger partial charge in [-0.25, -0.2) is 4.79 Å². The van der Waals surface area contributed by atoms with E-state index in [-0.39, 0.29) is 22.1 Å². The molecule has 4 rings (SSSR count). The fourth-order valence-electron chi connectivity index (χ4n) is 2.95. The molecular formula is C23H14Cl2O5. The van der Waals surface area contributed by atoms with Gasteiger partial charge in [-0.2, -0.15) is 0 Å². The van der Waals surface area contributed by atoms with Crippen molar-refractivity contribution in [2.45, 2.75) is 0 Å². The van der Waals surface area contributed by atoms with Crippen molar-refractivity contribution in [2.24, 2.45) is 0 Å². The van der Waals surface area contributed by atoms with Crippen LogP contribution in [0.2, 0.25) is 10.0 Å². The zero-order valence-corrected chi connectivity index (χ0v) is 17.2. The number of hydrogen-bond acceptors (Lipinski definition) is 5. The van der Waals surface area contributed by atoms with Crippen LogP contribution in [0.25, 0.3) is 22.3 Å². The Balaban J connectivity index is 1.87. The van der Waals surface area contributed by atoms with Crippen LogP contribution < -0.4 is 14.9 Å². The van der Waals surface area contributed by atoms with Crippen LogP contribution in [-0.2, 0) is 0 Å². The number of para-hydroxylation sites is 1. The van der Waals surface area contributed by atoms with Crippen LogP contribution in [0.1, 0.15) is 10.4 Å². The molecule has 0 saturated carbocycles. The van der Waals surface area contributed by atoms with Crippen molar-refractivity contribution in [3.05, 3.63) is 92.6 Å². The molecule has 1 aromatic heterocycles. The van der Waals surface area contributed by atoms with E-state index in [2.05, 4.69) is 0 Å². The Kier molecular flexibility index (Phi) is 5.48. The minimum absolute atomic E-state index is 0.0781. The Morgan fingerprint density at radius 3 is 2.40 bits per heavy atom. The molecule has 7 heteroatoms. The molecule has 0 atom stereocenters. The SMILES string of the molecule is COc1ccc(-c2oc3ccccc3c(=O)c2OC(=O)c2ccc(Cl)cc2Cl)cc1. The van der Waals surface area contributed by atoms with Crippen LogP contribution in [0, 0.1) is 0 Å². The predicted molar refractivity (Wildman–Crippen MR) is 116 cm³/mol. The first-order valence-corrected chi connectivity index (χ1v) is 9.61. The van der Waals surface area contributed by atoms with Gasteiger partial charge in [-0.15, -0.1) is 0 Å². The van der Waals surface area contributed by atoms with Gasteiger partial charge in [0.2, 0.25) is 11.2 Å². The second kappa shape index (κ2) is 8.22. The number of esters is 1. The van der Waals surface area contributed by atoms with E-state index >= 15 is 0 Å². The molecule has 5 nitrogen and oxygen atoms in total. The third kappa shape index (κ3) is 3.77. The lowest BCUT2D eigenvalue weighted by molar-refractivity contribution is 0.0731. The van der Waals surface area contributed by atoms with Gasteiger partial charge in [-0.1, -0.05) is 35.3 Å². The fourth-order valence-corrected chi connectivity index (χ4v) is 3.44. The number of rotatable bonds is 4. The second-order valence-corrected chi connectivity index (χ2v) is 7.17. The fraction of sp³-hybridized carbons (Fsp3) is 0.0435. The van der Waals surface area contributed by atoms with E-state index in [1.807, 2.05) is 0 Å². The van der Waals surface area contributed by atoms with E-state index in [4.69, 9.17) is 37.1 Å². The summed E-state index contributed by atoms with van der Waals surface area (Å²) in [5.41, 5.74) is 0.525. The second-order valence-electron chi connectivity index (χ2n) is 6.33. The maximum absolute atomic E-state index is 13.1. The molecule has 0 aliphatic rings. The van der Waals surface area contributed by atoms with E-state index < -0.39 is 11.4 Å². The maximum atomic E-state index is 13.1. The largest absolute Gasteiger partial charge is 0.497 e. The monoisotopic (exact) mass is 440 g/mol. The third-order valence-electron chi connectivity index (χ3n) is 4.45. The average Bonchev–Trinajstić information content (AvgIpc) is 2.75. The predicted octanol–water partition coefficient (Wildman–Crippen LogP) is 5.99. The molecule has 0 N–H and O–H groups in total. The molecule has 0 aliphatic carbocycles. The van der Waals surface area contributed by atoms with Gasteiger partial charge < -0.3 is 13.9 Å². The quantitative estimate of drug-likeness (QED) is 0.364. The highest BCUT2D eigenvalue weighted by molar-refractivity contribution is 6.36. The van der Waals surface area contributed by atoms with Crippen molar-refractivity contribution in [3.63, 3.8) is 0 Å². The van der Waals surface area contributed by atoms with Gasteiger partial charge in [0.25, 0.3) is 0 Å². The average molecular weight is 441 g/mol. The van der Waals surface area contributed by atoms with E-state index in [1.54, 1.807) is 55.6 Å². The number of benzene rings is 3. The lowest BCUT2D eigenvalue weighted by Gasteiger charge is -2.11.